The van der Waals surface area contributed by atoms with Crippen molar-refractivity contribution in [3.05, 3.63) is 36.4 Å². The number of carbonyl (C=O) groups is 1. The van der Waals surface area contributed by atoms with Crippen LogP contribution in [0.1, 0.15) is 50.4 Å². The van der Waals surface area contributed by atoms with E-state index in [9.17, 15) is 4.79 Å². The summed E-state index contributed by atoms with van der Waals surface area (Å²) in [6.07, 6.45) is 10.5. The van der Waals surface area contributed by atoms with E-state index in [2.05, 4.69) is 31.0 Å². The topological polar surface area (TPSA) is 56.0 Å². The smallest absolute Gasteiger partial charge is 0.257 e. The predicted octanol–water partition coefficient (Wildman–Crippen LogP) is 2.53. The minimum Gasteiger partial charge on any atom is -0.334 e. The van der Waals surface area contributed by atoms with Crippen molar-refractivity contribution in [1.29, 1.82) is 0 Å². The molecule has 0 unspecified atom stereocenters. The molecule has 0 aliphatic carbocycles. The van der Waals surface area contributed by atoms with Crippen LogP contribution in [0.5, 0.6) is 0 Å². The first kappa shape index (κ1) is 15.8. The molecule has 1 fully saturated rings. The summed E-state index contributed by atoms with van der Waals surface area (Å²) >= 11 is 0. The molecular formula is C17H25N5O. The van der Waals surface area contributed by atoms with Gasteiger partial charge in [-0.15, -0.1) is 0 Å². The number of piperidine rings is 1. The number of carbonyl (C=O) groups excluding carboxylic acids is 1. The molecule has 6 nitrogen and oxygen atoms in total. The first-order chi connectivity index (χ1) is 10.9. The van der Waals surface area contributed by atoms with Gasteiger partial charge in [-0.3, -0.25) is 14.2 Å². The van der Waals surface area contributed by atoms with Crippen molar-refractivity contribution in [3.63, 3.8) is 0 Å². The van der Waals surface area contributed by atoms with Crippen molar-refractivity contribution in [2.24, 2.45) is 0 Å². The summed E-state index contributed by atoms with van der Waals surface area (Å²) in [6.45, 7) is 7.80. The lowest BCUT2D eigenvalue weighted by Crippen LogP contribution is -2.45. The molecule has 1 aliphatic rings. The zero-order chi connectivity index (χ0) is 16.4. The molecule has 1 aliphatic heterocycles. The number of nitrogens with zero attached hydrogens (tertiary/aromatic N) is 5. The standard InChI is InChI=1S/C17H25N5O/c1-17(2,3)22-12-14(11-19-22)16(23)21-10-5-4-7-15(21)13-20-9-6-8-18-20/h6,8-9,11-12,15H,4-5,7,10,13H2,1-3H3/t15-/m1/s1. The summed E-state index contributed by atoms with van der Waals surface area (Å²) in [4.78, 5) is 14.9. The van der Waals surface area contributed by atoms with Gasteiger partial charge in [0.15, 0.2) is 0 Å². The summed E-state index contributed by atoms with van der Waals surface area (Å²) < 4.78 is 3.77. The van der Waals surface area contributed by atoms with Gasteiger partial charge in [0.2, 0.25) is 0 Å². The van der Waals surface area contributed by atoms with E-state index in [0.29, 0.717) is 5.56 Å². The Hall–Kier alpha value is -2.11. The molecule has 0 spiro atoms. The number of aromatic nitrogens is 4. The van der Waals surface area contributed by atoms with Gasteiger partial charge in [-0.05, 0) is 46.1 Å². The molecule has 23 heavy (non-hydrogen) atoms. The molecule has 1 atom stereocenters. The van der Waals surface area contributed by atoms with E-state index in [0.717, 1.165) is 32.4 Å². The quantitative estimate of drug-likeness (QED) is 0.874. The van der Waals surface area contributed by atoms with Gasteiger partial charge >= 0.3 is 0 Å². The third-order valence-corrected chi connectivity index (χ3v) is 4.36. The van der Waals surface area contributed by atoms with Crippen LogP contribution in [-0.2, 0) is 12.1 Å². The highest BCUT2D eigenvalue weighted by molar-refractivity contribution is 5.94. The minimum atomic E-state index is -0.116. The highest BCUT2D eigenvalue weighted by atomic mass is 16.2. The van der Waals surface area contributed by atoms with Crippen LogP contribution in [0.2, 0.25) is 0 Å². The van der Waals surface area contributed by atoms with Gasteiger partial charge in [-0.25, -0.2) is 0 Å². The Morgan fingerprint density at radius 2 is 2.13 bits per heavy atom. The Balaban J connectivity index is 1.77. The van der Waals surface area contributed by atoms with Crippen LogP contribution < -0.4 is 0 Å². The fraction of sp³-hybridized carbons (Fsp3) is 0.588. The summed E-state index contributed by atoms with van der Waals surface area (Å²) in [5.74, 6) is 0.0809. The Bertz CT molecular complexity index is 653. The number of hydrogen-bond acceptors (Lipinski definition) is 3. The number of hydrogen-bond donors (Lipinski definition) is 0. The molecule has 2 aromatic heterocycles. The first-order valence-corrected chi connectivity index (χ1v) is 8.29. The van der Waals surface area contributed by atoms with E-state index in [1.54, 1.807) is 12.4 Å². The summed E-state index contributed by atoms with van der Waals surface area (Å²) in [6, 6.07) is 2.12. The Kier molecular flexibility index (Phi) is 4.24. The van der Waals surface area contributed by atoms with Gasteiger partial charge < -0.3 is 4.90 Å². The van der Waals surface area contributed by atoms with E-state index in [1.165, 1.54) is 0 Å². The van der Waals surface area contributed by atoms with Crippen molar-refractivity contribution in [1.82, 2.24) is 24.5 Å². The SMILES string of the molecule is CC(C)(C)n1cc(C(=O)N2CCCC[C@@H]2Cn2cccn2)cn1. The van der Waals surface area contributed by atoms with Crippen LogP contribution in [0.15, 0.2) is 30.9 Å². The fourth-order valence-electron chi connectivity index (χ4n) is 3.05. The molecule has 0 saturated carbocycles. The lowest BCUT2D eigenvalue weighted by molar-refractivity contribution is 0.0583. The van der Waals surface area contributed by atoms with E-state index in [-0.39, 0.29) is 17.5 Å². The normalized spacial score (nSPS) is 19.1. The van der Waals surface area contributed by atoms with E-state index < -0.39 is 0 Å². The van der Waals surface area contributed by atoms with Crippen molar-refractivity contribution < 1.29 is 4.79 Å². The Morgan fingerprint density at radius 1 is 1.30 bits per heavy atom. The second-order valence-electron chi connectivity index (χ2n) is 7.22. The van der Waals surface area contributed by atoms with Gasteiger partial charge in [-0.2, -0.15) is 10.2 Å². The van der Waals surface area contributed by atoms with E-state index in [4.69, 9.17) is 0 Å². The number of rotatable bonds is 3. The van der Waals surface area contributed by atoms with Crippen LogP contribution in [0.25, 0.3) is 0 Å². The lowest BCUT2D eigenvalue weighted by Gasteiger charge is -2.35. The Morgan fingerprint density at radius 3 is 2.78 bits per heavy atom. The molecule has 2 aromatic rings. The van der Waals surface area contributed by atoms with Gasteiger partial charge in [0, 0.05) is 25.1 Å². The van der Waals surface area contributed by atoms with Crippen LogP contribution in [0.4, 0.5) is 0 Å². The van der Waals surface area contributed by atoms with Crippen molar-refractivity contribution in [2.75, 3.05) is 6.54 Å². The minimum absolute atomic E-state index is 0.0809. The van der Waals surface area contributed by atoms with E-state index in [1.807, 2.05) is 32.7 Å². The maximum absolute atomic E-state index is 12.9. The third kappa shape index (κ3) is 3.46. The average Bonchev–Trinajstić information content (AvgIpc) is 3.18. The molecule has 1 saturated heterocycles. The van der Waals surface area contributed by atoms with Gasteiger partial charge in [0.1, 0.15) is 0 Å². The van der Waals surface area contributed by atoms with E-state index >= 15 is 0 Å². The maximum atomic E-state index is 12.9. The second-order valence-corrected chi connectivity index (χ2v) is 7.22. The summed E-state index contributed by atoms with van der Waals surface area (Å²) in [5, 5.41) is 8.63. The molecule has 3 heterocycles. The van der Waals surface area contributed by atoms with Crippen LogP contribution in [-0.4, -0.2) is 43.0 Å². The van der Waals surface area contributed by atoms with Crippen LogP contribution in [0.3, 0.4) is 0 Å². The molecule has 0 bridgehead atoms. The highest BCUT2D eigenvalue weighted by Crippen LogP contribution is 2.22. The predicted molar refractivity (Wildman–Crippen MR) is 88.1 cm³/mol. The third-order valence-electron chi connectivity index (χ3n) is 4.36. The van der Waals surface area contributed by atoms with Crippen molar-refractivity contribution in [2.45, 2.75) is 58.2 Å². The average molecular weight is 315 g/mol. The highest BCUT2D eigenvalue weighted by Gasteiger charge is 2.29. The van der Waals surface area contributed by atoms with Crippen molar-refractivity contribution in [3.8, 4) is 0 Å². The van der Waals surface area contributed by atoms with Crippen LogP contribution in [0, 0.1) is 0 Å². The molecule has 3 rings (SSSR count). The van der Waals surface area contributed by atoms with Gasteiger partial charge in [-0.1, -0.05) is 0 Å². The molecular weight excluding hydrogens is 290 g/mol. The Labute approximate surface area is 137 Å². The number of likely N-dealkylation sites (tertiary alicyclic amines) is 1. The molecule has 0 radical (unpaired) electrons. The molecule has 6 heteroatoms. The van der Waals surface area contributed by atoms with Gasteiger partial charge in [0.25, 0.3) is 5.91 Å². The zero-order valence-electron chi connectivity index (χ0n) is 14.1. The largest absolute Gasteiger partial charge is 0.334 e. The summed E-state index contributed by atoms with van der Waals surface area (Å²) in [7, 11) is 0. The molecule has 124 valence electrons. The van der Waals surface area contributed by atoms with Crippen molar-refractivity contribution >= 4 is 5.91 Å². The number of amides is 1. The molecule has 1 amide bonds. The molecule has 0 aromatic carbocycles. The lowest BCUT2D eigenvalue weighted by atomic mass is 10.0. The first-order valence-electron chi connectivity index (χ1n) is 8.29. The second kappa shape index (κ2) is 6.18. The molecule has 0 N–H and O–H groups in total. The zero-order valence-corrected chi connectivity index (χ0v) is 14.1. The van der Waals surface area contributed by atoms with Gasteiger partial charge in [0.05, 0.1) is 29.9 Å². The maximum Gasteiger partial charge on any atom is 0.257 e. The summed E-state index contributed by atoms with van der Waals surface area (Å²) in [5.41, 5.74) is 0.557. The monoisotopic (exact) mass is 315 g/mol. The van der Waals surface area contributed by atoms with Crippen LogP contribution >= 0.6 is 0 Å². The fourth-order valence-corrected chi connectivity index (χ4v) is 3.05.